The Morgan fingerprint density at radius 2 is 2.04 bits per heavy atom. The first-order valence-electron chi connectivity index (χ1n) is 9.12. The SMILES string of the molecule is COc1ccc2ccccc2c1[C@H]1NC(=O)c2c(sc3c2CCN(C)C3)N1. The molecule has 5 rings (SSSR count). The van der Waals surface area contributed by atoms with Crippen LogP contribution in [0, 0.1) is 0 Å². The van der Waals surface area contributed by atoms with Crippen LogP contribution in [0.15, 0.2) is 36.4 Å². The summed E-state index contributed by atoms with van der Waals surface area (Å²) in [4.78, 5) is 16.6. The average molecular weight is 379 g/mol. The molecule has 3 aromatic rings. The predicted octanol–water partition coefficient (Wildman–Crippen LogP) is 3.75. The summed E-state index contributed by atoms with van der Waals surface area (Å²) in [6.45, 7) is 1.90. The molecule has 0 radical (unpaired) electrons. The van der Waals surface area contributed by atoms with Crippen molar-refractivity contribution in [3.05, 3.63) is 58.0 Å². The number of amides is 1. The second-order valence-corrected chi connectivity index (χ2v) is 8.25. The van der Waals surface area contributed by atoms with Crippen molar-refractivity contribution >= 4 is 33.0 Å². The second kappa shape index (κ2) is 6.25. The molecule has 0 fully saturated rings. The molecule has 3 heterocycles. The van der Waals surface area contributed by atoms with Gasteiger partial charge in [0.05, 0.1) is 12.7 Å². The van der Waals surface area contributed by atoms with Crippen LogP contribution in [0.2, 0.25) is 0 Å². The van der Waals surface area contributed by atoms with E-state index in [2.05, 4.69) is 34.7 Å². The van der Waals surface area contributed by atoms with Crippen molar-refractivity contribution in [1.82, 2.24) is 10.2 Å². The summed E-state index contributed by atoms with van der Waals surface area (Å²) in [5, 5.41) is 9.92. The van der Waals surface area contributed by atoms with E-state index in [-0.39, 0.29) is 12.1 Å². The highest BCUT2D eigenvalue weighted by Crippen LogP contribution is 2.42. The van der Waals surface area contributed by atoms with E-state index in [0.29, 0.717) is 0 Å². The van der Waals surface area contributed by atoms with Crippen molar-refractivity contribution in [3.63, 3.8) is 0 Å². The Morgan fingerprint density at radius 1 is 1.19 bits per heavy atom. The number of hydrogen-bond acceptors (Lipinski definition) is 5. The Labute approximate surface area is 161 Å². The molecule has 0 aliphatic carbocycles. The molecule has 0 spiro atoms. The minimum atomic E-state index is -0.316. The topological polar surface area (TPSA) is 53.6 Å². The van der Waals surface area contributed by atoms with Crippen LogP contribution in [-0.4, -0.2) is 31.5 Å². The number of carbonyl (C=O) groups is 1. The molecular formula is C21H21N3O2S. The third-order valence-corrected chi connectivity index (χ3v) is 6.61. The molecule has 5 nitrogen and oxygen atoms in total. The van der Waals surface area contributed by atoms with Crippen LogP contribution < -0.4 is 15.4 Å². The fourth-order valence-electron chi connectivity index (χ4n) is 4.14. The molecular weight excluding hydrogens is 358 g/mol. The van der Waals surface area contributed by atoms with E-state index in [1.54, 1.807) is 18.4 Å². The Morgan fingerprint density at radius 3 is 2.89 bits per heavy atom. The quantitative estimate of drug-likeness (QED) is 0.712. The molecule has 1 atom stereocenters. The number of methoxy groups -OCH3 is 1. The van der Waals surface area contributed by atoms with Gasteiger partial charge in [-0.15, -0.1) is 11.3 Å². The number of fused-ring (bicyclic) bond motifs is 4. The maximum Gasteiger partial charge on any atom is 0.256 e. The number of ether oxygens (including phenoxy) is 1. The van der Waals surface area contributed by atoms with Crippen molar-refractivity contribution in [3.8, 4) is 5.75 Å². The van der Waals surface area contributed by atoms with E-state index in [4.69, 9.17) is 4.74 Å². The molecule has 0 saturated heterocycles. The fourth-order valence-corrected chi connectivity index (χ4v) is 5.49. The fraction of sp³-hybridized carbons (Fsp3) is 0.286. The third kappa shape index (κ3) is 2.59. The molecule has 0 saturated carbocycles. The van der Waals surface area contributed by atoms with Crippen LogP contribution in [0.4, 0.5) is 5.00 Å². The lowest BCUT2D eigenvalue weighted by Gasteiger charge is -2.29. The summed E-state index contributed by atoms with van der Waals surface area (Å²) in [5.41, 5.74) is 3.01. The van der Waals surface area contributed by atoms with Gasteiger partial charge in [-0.3, -0.25) is 4.79 Å². The van der Waals surface area contributed by atoms with Crippen LogP contribution >= 0.6 is 11.3 Å². The van der Waals surface area contributed by atoms with Crippen molar-refractivity contribution in [1.29, 1.82) is 0 Å². The first-order valence-corrected chi connectivity index (χ1v) is 9.93. The van der Waals surface area contributed by atoms with Gasteiger partial charge in [-0.25, -0.2) is 0 Å². The summed E-state index contributed by atoms with van der Waals surface area (Å²) >= 11 is 1.71. The molecule has 2 aliphatic heterocycles. The smallest absolute Gasteiger partial charge is 0.256 e. The van der Waals surface area contributed by atoms with Crippen molar-refractivity contribution < 1.29 is 9.53 Å². The van der Waals surface area contributed by atoms with E-state index < -0.39 is 0 Å². The summed E-state index contributed by atoms with van der Waals surface area (Å²) in [6.07, 6.45) is 0.610. The molecule has 0 bridgehead atoms. The number of thiophene rings is 1. The van der Waals surface area contributed by atoms with E-state index >= 15 is 0 Å². The Bertz CT molecular complexity index is 1060. The molecule has 2 N–H and O–H groups in total. The van der Waals surface area contributed by atoms with Gasteiger partial charge >= 0.3 is 0 Å². The standard InChI is InChI=1S/C21H21N3O2S/c1-24-10-9-14-16(11-24)27-21-18(14)20(25)22-19(23-21)17-13-6-4-3-5-12(13)7-8-15(17)26-2/h3-8,19,23H,9-11H2,1-2H3,(H,22,25)/t19-/m0/s1. The Balaban J connectivity index is 1.62. The summed E-state index contributed by atoms with van der Waals surface area (Å²) in [7, 11) is 3.79. The normalized spacial score (nSPS) is 19.2. The zero-order valence-corrected chi connectivity index (χ0v) is 16.2. The average Bonchev–Trinajstić information content (AvgIpc) is 3.04. The molecule has 1 aromatic heterocycles. The number of benzene rings is 2. The van der Waals surface area contributed by atoms with Gasteiger partial charge < -0.3 is 20.3 Å². The highest BCUT2D eigenvalue weighted by atomic mass is 32.1. The molecule has 27 heavy (non-hydrogen) atoms. The zero-order valence-electron chi connectivity index (χ0n) is 15.3. The predicted molar refractivity (Wildman–Crippen MR) is 109 cm³/mol. The third-order valence-electron chi connectivity index (χ3n) is 5.46. The Kier molecular flexibility index (Phi) is 3.84. The summed E-state index contributed by atoms with van der Waals surface area (Å²) in [5.74, 6) is 0.779. The first kappa shape index (κ1) is 16.6. The largest absolute Gasteiger partial charge is 0.496 e. The number of rotatable bonds is 2. The molecule has 1 amide bonds. The van der Waals surface area contributed by atoms with E-state index in [9.17, 15) is 4.79 Å². The van der Waals surface area contributed by atoms with Gasteiger partial charge in [0.15, 0.2) is 0 Å². The molecule has 6 heteroatoms. The lowest BCUT2D eigenvalue weighted by Crippen LogP contribution is -2.39. The summed E-state index contributed by atoms with van der Waals surface area (Å²) in [6, 6.07) is 12.2. The second-order valence-electron chi connectivity index (χ2n) is 7.15. The van der Waals surface area contributed by atoms with Crippen LogP contribution in [0.3, 0.4) is 0 Å². The van der Waals surface area contributed by atoms with Gasteiger partial charge in [0, 0.05) is 23.5 Å². The lowest BCUT2D eigenvalue weighted by atomic mass is 9.98. The number of likely N-dealkylation sites (N-methyl/N-ethyl adjacent to an activating group) is 1. The number of anilines is 1. The Hall–Kier alpha value is -2.57. The summed E-state index contributed by atoms with van der Waals surface area (Å²) < 4.78 is 5.63. The van der Waals surface area contributed by atoms with Crippen LogP contribution in [0.25, 0.3) is 10.8 Å². The van der Waals surface area contributed by atoms with E-state index in [1.165, 1.54) is 10.4 Å². The minimum absolute atomic E-state index is 0.00536. The highest BCUT2D eigenvalue weighted by molar-refractivity contribution is 7.16. The number of carbonyl (C=O) groups excluding carboxylic acids is 1. The van der Waals surface area contributed by atoms with Gasteiger partial charge in [-0.05, 0) is 35.9 Å². The molecule has 0 unspecified atom stereocenters. The highest BCUT2D eigenvalue weighted by Gasteiger charge is 2.34. The van der Waals surface area contributed by atoms with Gasteiger partial charge in [-0.2, -0.15) is 0 Å². The monoisotopic (exact) mass is 379 g/mol. The van der Waals surface area contributed by atoms with Gasteiger partial charge in [0.2, 0.25) is 0 Å². The van der Waals surface area contributed by atoms with Gasteiger partial charge in [0.25, 0.3) is 5.91 Å². The maximum absolute atomic E-state index is 13.0. The molecule has 138 valence electrons. The maximum atomic E-state index is 13.0. The lowest BCUT2D eigenvalue weighted by molar-refractivity contribution is 0.0934. The van der Waals surface area contributed by atoms with Crippen LogP contribution in [-0.2, 0) is 13.0 Å². The van der Waals surface area contributed by atoms with E-state index in [1.807, 2.05) is 24.3 Å². The minimum Gasteiger partial charge on any atom is -0.496 e. The van der Waals surface area contributed by atoms with Crippen molar-refractivity contribution in [2.75, 3.05) is 26.0 Å². The number of nitrogens with one attached hydrogen (secondary N) is 2. The first-order chi connectivity index (χ1) is 13.2. The molecule has 2 aliphatic rings. The van der Waals surface area contributed by atoms with Gasteiger partial charge in [0.1, 0.15) is 16.9 Å². The zero-order chi connectivity index (χ0) is 18.5. The van der Waals surface area contributed by atoms with Crippen LogP contribution in [0.1, 0.15) is 32.5 Å². The van der Waals surface area contributed by atoms with Crippen molar-refractivity contribution in [2.24, 2.45) is 0 Å². The number of hydrogen-bond donors (Lipinski definition) is 2. The van der Waals surface area contributed by atoms with Crippen LogP contribution in [0.5, 0.6) is 5.75 Å². The molecule has 2 aromatic carbocycles. The van der Waals surface area contributed by atoms with Crippen molar-refractivity contribution in [2.45, 2.75) is 19.1 Å². The van der Waals surface area contributed by atoms with Gasteiger partial charge in [-0.1, -0.05) is 30.3 Å². The number of nitrogens with zero attached hydrogens (tertiary/aromatic N) is 1. The van der Waals surface area contributed by atoms with E-state index in [0.717, 1.165) is 52.2 Å².